The smallest absolute Gasteiger partial charge is 0.397 e. The summed E-state index contributed by atoms with van der Waals surface area (Å²) < 4.78 is 39.5. The zero-order valence-electron chi connectivity index (χ0n) is 11.5. The first-order chi connectivity index (χ1) is 9.25. The van der Waals surface area contributed by atoms with Crippen molar-refractivity contribution in [2.24, 2.45) is 0 Å². The molecule has 2 N–H and O–H groups in total. The fourth-order valence-electron chi connectivity index (χ4n) is 2.34. The Morgan fingerprint density at radius 2 is 1.90 bits per heavy atom. The summed E-state index contributed by atoms with van der Waals surface area (Å²) in [5.41, 5.74) is 8.39. The van der Waals surface area contributed by atoms with Crippen LogP contribution in [0.3, 0.4) is 0 Å². The SMILES string of the molecule is CCc1c(C)nn(-c2ccc(C(F)(F)F)cc2N)c1C. The molecule has 1 aromatic carbocycles. The van der Waals surface area contributed by atoms with Gasteiger partial charge in [0, 0.05) is 5.69 Å². The lowest BCUT2D eigenvalue weighted by molar-refractivity contribution is -0.137. The molecule has 0 amide bonds. The molecule has 0 atom stereocenters. The molecule has 0 spiro atoms. The highest BCUT2D eigenvalue weighted by molar-refractivity contribution is 5.60. The van der Waals surface area contributed by atoms with Crippen LogP contribution in [-0.2, 0) is 12.6 Å². The molecule has 0 fully saturated rings. The molecular weight excluding hydrogens is 267 g/mol. The van der Waals surface area contributed by atoms with E-state index in [1.807, 2.05) is 20.8 Å². The minimum absolute atomic E-state index is 0.0630. The van der Waals surface area contributed by atoms with Gasteiger partial charge in [-0.2, -0.15) is 18.3 Å². The van der Waals surface area contributed by atoms with Gasteiger partial charge in [0.25, 0.3) is 0 Å². The molecule has 0 aliphatic heterocycles. The van der Waals surface area contributed by atoms with Crippen molar-refractivity contribution in [1.29, 1.82) is 0 Å². The molecule has 3 nitrogen and oxygen atoms in total. The lowest BCUT2D eigenvalue weighted by Crippen LogP contribution is -2.09. The van der Waals surface area contributed by atoms with E-state index in [2.05, 4.69) is 5.10 Å². The van der Waals surface area contributed by atoms with Crippen molar-refractivity contribution >= 4 is 5.69 Å². The third kappa shape index (κ3) is 2.37. The fraction of sp³-hybridized carbons (Fsp3) is 0.357. The lowest BCUT2D eigenvalue weighted by Gasteiger charge is -2.12. The van der Waals surface area contributed by atoms with E-state index in [4.69, 9.17) is 5.73 Å². The first-order valence-electron chi connectivity index (χ1n) is 6.28. The van der Waals surface area contributed by atoms with Crippen LogP contribution in [0.4, 0.5) is 18.9 Å². The predicted molar refractivity (Wildman–Crippen MR) is 71.8 cm³/mol. The summed E-state index contributed by atoms with van der Waals surface area (Å²) in [6, 6.07) is 3.32. The van der Waals surface area contributed by atoms with Gasteiger partial charge >= 0.3 is 6.18 Å². The van der Waals surface area contributed by atoms with E-state index in [9.17, 15) is 13.2 Å². The Morgan fingerprint density at radius 3 is 2.35 bits per heavy atom. The molecule has 108 valence electrons. The molecular formula is C14H16F3N3. The number of alkyl halides is 3. The van der Waals surface area contributed by atoms with E-state index in [-0.39, 0.29) is 5.69 Å². The number of benzene rings is 1. The molecule has 6 heteroatoms. The van der Waals surface area contributed by atoms with Crippen LogP contribution in [0.2, 0.25) is 0 Å². The summed E-state index contributed by atoms with van der Waals surface area (Å²) in [5, 5.41) is 4.36. The van der Waals surface area contributed by atoms with Gasteiger partial charge in [0.1, 0.15) is 0 Å². The van der Waals surface area contributed by atoms with E-state index >= 15 is 0 Å². The molecule has 0 unspecified atom stereocenters. The van der Waals surface area contributed by atoms with Crippen LogP contribution in [-0.4, -0.2) is 9.78 Å². The molecule has 0 aliphatic carbocycles. The second kappa shape index (κ2) is 4.85. The van der Waals surface area contributed by atoms with Crippen LogP contribution < -0.4 is 5.73 Å². The number of hydrogen-bond acceptors (Lipinski definition) is 2. The maximum Gasteiger partial charge on any atom is 0.416 e. The van der Waals surface area contributed by atoms with Gasteiger partial charge in [-0.15, -0.1) is 0 Å². The Bertz CT molecular complexity index is 642. The molecule has 0 saturated carbocycles. The summed E-state index contributed by atoms with van der Waals surface area (Å²) >= 11 is 0. The number of anilines is 1. The normalized spacial score (nSPS) is 11.9. The molecule has 1 aromatic heterocycles. The monoisotopic (exact) mass is 283 g/mol. The zero-order valence-corrected chi connectivity index (χ0v) is 11.5. The largest absolute Gasteiger partial charge is 0.416 e. The number of halogens is 3. The van der Waals surface area contributed by atoms with Crippen LogP contribution >= 0.6 is 0 Å². The highest BCUT2D eigenvalue weighted by Gasteiger charge is 2.31. The lowest BCUT2D eigenvalue weighted by atomic mass is 10.1. The molecule has 0 aliphatic rings. The molecule has 0 bridgehead atoms. The fourth-order valence-corrected chi connectivity index (χ4v) is 2.34. The molecule has 0 radical (unpaired) electrons. The summed E-state index contributed by atoms with van der Waals surface area (Å²) in [4.78, 5) is 0. The summed E-state index contributed by atoms with van der Waals surface area (Å²) in [6.45, 7) is 5.77. The first-order valence-corrected chi connectivity index (χ1v) is 6.28. The van der Waals surface area contributed by atoms with Gasteiger partial charge < -0.3 is 5.73 Å². The van der Waals surface area contributed by atoms with Crippen LogP contribution in [0.1, 0.15) is 29.4 Å². The Morgan fingerprint density at radius 1 is 1.25 bits per heavy atom. The molecule has 1 heterocycles. The third-order valence-corrected chi connectivity index (χ3v) is 3.38. The highest BCUT2D eigenvalue weighted by atomic mass is 19.4. The van der Waals surface area contributed by atoms with Gasteiger partial charge in [-0.1, -0.05) is 6.92 Å². The highest BCUT2D eigenvalue weighted by Crippen LogP contribution is 2.32. The van der Waals surface area contributed by atoms with Crippen LogP contribution in [0.15, 0.2) is 18.2 Å². The number of nitrogen functional groups attached to an aromatic ring is 1. The summed E-state index contributed by atoms with van der Waals surface area (Å²) in [5.74, 6) is 0. The minimum atomic E-state index is -4.39. The third-order valence-electron chi connectivity index (χ3n) is 3.38. The second-order valence-corrected chi connectivity index (χ2v) is 4.69. The zero-order chi connectivity index (χ0) is 15.1. The predicted octanol–water partition coefficient (Wildman–Crippen LogP) is 3.65. The van der Waals surface area contributed by atoms with Crippen molar-refractivity contribution in [3.63, 3.8) is 0 Å². The quantitative estimate of drug-likeness (QED) is 0.855. The maximum absolute atomic E-state index is 12.6. The molecule has 2 aromatic rings. The van der Waals surface area contributed by atoms with E-state index in [0.29, 0.717) is 5.69 Å². The van der Waals surface area contributed by atoms with Crippen molar-refractivity contribution in [2.45, 2.75) is 33.4 Å². The molecule has 20 heavy (non-hydrogen) atoms. The van der Waals surface area contributed by atoms with E-state index < -0.39 is 11.7 Å². The van der Waals surface area contributed by atoms with Crippen molar-refractivity contribution in [1.82, 2.24) is 9.78 Å². The number of aryl methyl sites for hydroxylation is 1. The van der Waals surface area contributed by atoms with Crippen LogP contribution in [0.25, 0.3) is 5.69 Å². The van der Waals surface area contributed by atoms with Crippen LogP contribution in [0, 0.1) is 13.8 Å². The average molecular weight is 283 g/mol. The van der Waals surface area contributed by atoms with Crippen molar-refractivity contribution < 1.29 is 13.2 Å². The molecule has 2 rings (SSSR count). The van der Waals surface area contributed by atoms with Crippen molar-refractivity contribution in [3.05, 3.63) is 40.7 Å². The van der Waals surface area contributed by atoms with Crippen molar-refractivity contribution in [2.75, 3.05) is 5.73 Å². The van der Waals surface area contributed by atoms with E-state index in [1.54, 1.807) is 4.68 Å². The summed E-state index contributed by atoms with van der Waals surface area (Å²) in [6.07, 6.45) is -3.57. The van der Waals surface area contributed by atoms with Crippen LogP contribution in [0.5, 0.6) is 0 Å². The van der Waals surface area contributed by atoms with E-state index in [1.165, 1.54) is 6.07 Å². The van der Waals surface area contributed by atoms with Gasteiger partial charge in [0.15, 0.2) is 0 Å². The van der Waals surface area contributed by atoms with E-state index in [0.717, 1.165) is 35.5 Å². The minimum Gasteiger partial charge on any atom is -0.397 e. The average Bonchev–Trinajstić information content (AvgIpc) is 2.63. The van der Waals surface area contributed by atoms with Gasteiger partial charge in [-0.3, -0.25) is 0 Å². The Hall–Kier alpha value is -1.98. The van der Waals surface area contributed by atoms with Gasteiger partial charge in [-0.25, -0.2) is 4.68 Å². The number of aromatic nitrogens is 2. The molecule has 0 saturated heterocycles. The van der Waals surface area contributed by atoms with Gasteiger partial charge in [0.2, 0.25) is 0 Å². The Balaban J connectivity index is 2.55. The summed E-state index contributed by atoms with van der Waals surface area (Å²) in [7, 11) is 0. The van der Waals surface area contributed by atoms with Crippen molar-refractivity contribution in [3.8, 4) is 5.69 Å². The Kier molecular flexibility index (Phi) is 3.50. The number of rotatable bonds is 2. The standard InChI is InChI=1S/C14H16F3N3/c1-4-11-8(2)19-20(9(11)3)13-6-5-10(7-12(13)18)14(15,16)17/h5-7H,4,18H2,1-3H3. The first kappa shape index (κ1) is 14.4. The topological polar surface area (TPSA) is 43.8 Å². The maximum atomic E-state index is 12.6. The van der Waals surface area contributed by atoms with Gasteiger partial charge in [0.05, 0.1) is 22.6 Å². The Labute approximate surface area is 115 Å². The second-order valence-electron chi connectivity index (χ2n) is 4.69. The number of nitrogens with zero attached hydrogens (tertiary/aromatic N) is 2. The number of hydrogen-bond donors (Lipinski definition) is 1. The van der Waals surface area contributed by atoms with Gasteiger partial charge in [-0.05, 0) is 44.0 Å². The number of nitrogens with two attached hydrogens (primary N) is 1.